The zero-order chi connectivity index (χ0) is 16.4. The number of hydrogen-bond donors (Lipinski definition) is 1. The molecule has 0 bridgehead atoms. The minimum absolute atomic E-state index is 0.0433. The second-order valence-corrected chi connectivity index (χ2v) is 4.98. The number of hydrogen-bond acceptors (Lipinski definition) is 5. The number of rotatable bonds is 5. The van der Waals surface area contributed by atoms with E-state index < -0.39 is 35.6 Å². The molecular weight excluding hydrogens is 293 g/mol. The van der Waals surface area contributed by atoms with Crippen molar-refractivity contribution < 1.29 is 28.6 Å². The first kappa shape index (κ1) is 16.1. The molecule has 22 heavy (non-hydrogen) atoms. The molecule has 118 valence electrons. The van der Waals surface area contributed by atoms with Crippen molar-refractivity contribution in [1.29, 1.82) is 0 Å². The molecule has 0 spiro atoms. The summed E-state index contributed by atoms with van der Waals surface area (Å²) >= 11 is 0. The lowest BCUT2D eigenvalue weighted by Gasteiger charge is -2.23. The zero-order valence-electron chi connectivity index (χ0n) is 12.2. The second-order valence-electron chi connectivity index (χ2n) is 4.98. The van der Waals surface area contributed by atoms with Gasteiger partial charge in [-0.2, -0.15) is 0 Å². The van der Waals surface area contributed by atoms with Gasteiger partial charge in [0.15, 0.2) is 0 Å². The van der Waals surface area contributed by atoms with E-state index in [0.717, 1.165) is 11.0 Å². The number of esters is 1. The van der Waals surface area contributed by atoms with Gasteiger partial charge in [-0.15, -0.1) is 0 Å². The van der Waals surface area contributed by atoms with E-state index in [1.807, 2.05) is 0 Å². The number of aliphatic hydroxyl groups is 1. The molecule has 0 fully saturated rings. The van der Waals surface area contributed by atoms with E-state index in [1.54, 1.807) is 6.92 Å². The molecule has 0 aromatic heterocycles. The van der Waals surface area contributed by atoms with Gasteiger partial charge in [0.1, 0.15) is 11.7 Å². The lowest BCUT2D eigenvalue weighted by molar-refractivity contribution is -0.151. The van der Waals surface area contributed by atoms with Crippen LogP contribution in [0.4, 0.5) is 4.39 Å². The van der Waals surface area contributed by atoms with Crippen molar-refractivity contribution in [1.82, 2.24) is 4.90 Å². The summed E-state index contributed by atoms with van der Waals surface area (Å²) in [6.07, 6.45) is -1.12. The molecule has 0 saturated heterocycles. The van der Waals surface area contributed by atoms with Crippen molar-refractivity contribution in [3.8, 4) is 0 Å². The van der Waals surface area contributed by atoms with Crippen molar-refractivity contribution >= 4 is 17.8 Å². The number of nitrogens with zero attached hydrogens (tertiary/aromatic N) is 1. The molecule has 0 saturated carbocycles. The van der Waals surface area contributed by atoms with Gasteiger partial charge in [-0.25, -0.2) is 4.39 Å². The van der Waals surface area contributed by atoms with E-state index in [4.69, 9.17) is 4.74 Å². The topological polar surface area (TPSA) is 83.9 Å². The Hall–Kier alpha value is -2.28. The van der Waals surface area contributed by atoms with Crippen molar-refractivity contribution in [2.24, 2.45) is 5.92 Å². The number of carbonyl (C=O) groups is 3. The Morgan fingerprint density at radius 3 is 2.59 bits per heavy atom. The van der Waals surface area contributed by atoms with Gasteiger partial charge in [0.05, 0.1) is 23.8 Å². The number of benzene rings is 1. The highest BCUT2D eigenvalue weighted by Gasteiger charge is 2.41. The Morgan fingerprint density at radius 1 is 1.36 bits per heavy atom. The molecule has 2 amide bonds. The Balaban J connectivity index is 2.27. The minimum Gasteiger partial charge on any atom is -0.466 e. The number of imide groups is 1. The lowest BCUT2D eigenvalue weighted by atomic mass is 10.0. The van der Waals surface area contributed by atoms with Gasteiger partial charge in [0.2, 0.25) is 0 Å². The number of halogens is 1. The van der Waals surface area contributed by atoms with E-state index in [-0.39, 0.29) is 24.3 Å². The number of amides is 2. The predicted molar refractivity (Wildman–Crippen MR) is 73.6 cm³/mol. The summed E-state index contributed by atoms with van der Waals surface area (Å²) < 4.78 is 18.5. The van der Waals surface area contributed by atoms with Crippen LogP contribution < -0.4 is 0 Å². The smallest absolute Gasteiger partial charge is 0.313 e. The van der Waals surface area contributed by atoms with Gasteiger partial charge in [0, 0.05) is 6.54 Å². The molecule has 1 aromatic carbocycles. The van der Waals surface area contributed by atoms with Crippen LogP contribution >= 0.6 is 0 Å². The third-order valence-electron chi connectivity index (χ3n) is 3.50. The largest absolute Gasteiger partial charge is 0.466 e. The SMILES string of the molecule is CCOC(=O)C(CN1C(=O)c2cccc(F)c2C1=O)C(C)O. The van der Waals surface area contributed by atoms with Crippen LogP contribution in [0.2, 0.25) is 0 Å². The third-order valence-corrected chi connectivity index (χ3v) is 3.50. The fourth-order valence-electron chi connectivity index (χ4n) is 2.33. The summed E-state index contributed by atoms with van der Waals surface area (Å²) in [5.74, 6) is -4.08. The lowest BCUT2D eigenvalue weighted by Crippen LogP contribution is -2.42. The molecule has 1 heterocycles. The van der Waals surface area contributed by atoms with Gasteiger partial charge in [0.25, 0.3) is 11.8 Å². The summed E-state index contributed by atoms with van der Waals surface area (Å²) in [6.45, 7) is 2.72. The maximum Gasteiger partial charge on any atom is 0.313 e. The van der Waals surface area contributed by atoms with Crippen molar-refractivity contribution in [3.63, 3.8) is 0 Å². The highest BCUT2D eigenvalue weighted by atomic mass is 19.1. The summed E-state index contributed by atoms with van der Waals surface area (Å²) in [5.41, 5.74) is -0.348. The third kappa shape index (κ3) is 2.71. The number of ether oxygens (including phenoxy) is 1. The number of aliphatic hydroxyl groups excluding tert-OH is 1. The van der Waals surface area contributed by atoms with E-state index in [0.29, 0.717) is 0 Å². The zero-order valence-corrected chi connectivity index (χ0v) is 12.2. The van der Waals surface area contributed by atoms with Crippen LogP contribution in [-0.2, 0) is 9.53 Å². The van der Waals surface area contributed by atoms with E-state index in [9.17, 15) is 23.9 Å². The molecule has 1 N–H and O–H groups in total. The molecule has 7 heteroatoms. The molecule has 0 aliphatic carbocycles. The predicted octanol–water partition coefficient (Wildman–Crippen LogP) is 0.982. The van der Waals surface area contributed by atoms with Crippen LogP contribution in [0.25, 0.3) is 0 Å². The fraction of sp³-hybridized carbons (Fsp3) is 0.400. The van der Waals surface area contributed by atoms with Gasteiger partial charge in [-0.05, 0) is 26.0 Å². The first-order valence-electron chi connectivity index (χ1n) is 6.87. The summed E-state index contributed by atoms with van der Waals surface area (Å²) in [5, 5.41) is 9.69. The van der Waals surface area contributed by atoms with Crippen molar-refractivity contribution in [3.05, 3.63) is 35.1 Å². The number of carbonyl (C=O) groups excluding carboxylic acids is 3. The van der Waals surface area contributed by atoms with Crippen molar-refractivity contribution in [2.45, 2.75) is 20.0 Å². The molecule has 6 nitrogen and oxygen atoms in total. The molecule has 1 aliphatic heterocycles. The second kappa shape index (κ2) is 6.23. The van der Waals surface area contributed by atoms with Crippen LogP contribution in [0, 0.1) is 11.7 Å². The Bertz CT molecular complexity index is 628. The first-order valence-corrected chi connectivity index (χ1v) is 6.87. The highest BCUT2D eigenvalue weighted by Crippen LogP contribution is 2.26. The molecule has 2 atom stereocenters. The van der Waals surface area contributed by atoms with Crippen LogP contribution in [0.5, 0.6) is 0 Å². The fourth-order valence-corrected chi connectivity index (χ4v) is 2.33. The average Bonchev–Trinajstić information content (AvgIpc) is 2.69. The van der Waals surface area contributed by atoms with Gasteiger partial charge in [-0.3, -0.25) is 19.3 Å². The minimum atomic E-state index is -1.12. The van der Waals surface area contributed by atoms with Gasteiger partial charge >= 0.3 is 5.97 Å². The summed E-state index contributed by atoms with van der Waals surface area (Å²) in [4.78, 5) is 37.0. The Morgan fingerprint density at radius 2 is 2.05 bits per heavy atom. The van der Waals surface area contributed by atoms with Gasteiger partial charge < -0.3 is 9.84 Å². The van der Waals surface area contributed by atoms with Crippen LogP contribution in [-0.4, -0.2) is 47.0 Å². The van der Waals surface area contributed by atoms with E-state index in [2.05, 4.69) is 0 Å². The standard InChI is InChI=1S/C15H16FNO5/c1-3-22-15(21)10(8(2)18)7-17-13(19)9-5-4-6-11(16)12(9)14(17)20/h4-6,8,10,18H,3,7H2,1-2H3. The van der Waals surface area contributed by atoms with Gasteiger partial charge in [-0.1, -0.05) is 6.07 Å². The number of fused-ring (bicyclic) bond motifs is 1. The Labute approximate surface area is 126 Å². The monoisotopic (exact) mass is 309 g/mol. The molecule has 2 unspecified atom stereocenters. The quantitative estimate of drug-likeness (QED) is 0.647. The van der Waals surface area contributed by atoms with Crippen LogP contribution in [0.15, 0.2) is 18.2 Å². The van der Waals surface area contributed by atoms with E-state index in [1.165, 1.54) is 19.1 Å². The molecule has 1 aliphatic rings. The maximum atomic E-state index is 13.7. The highest BCUT2D eigenvalue weighted by molar-refractivity contribution is 6.21. The normalized spacial score (nSPS) is 16.5. The van der Waals surface area contributed by atoms with Crippen molar-refractivity contribution in [2.75, 3.05) is 13.2 Å². The summed E-state index contributed by atoms with van der Waals surface area (Å²) in [6, 6.07) is 3.77. The first-order chi connectivity index (χ1) is 10.4. The van der Waals surface area contributed by atoms with Crippen LogP contribution in [0.3, 0.4) is 0 Å². The maximum absolute atomic E-state index is 13.7. The van der Waals surface area contributed by atoms with E-state index >= 15 is 0 Å². The molecular formula is C15H16FNO5. The molecule has 2 rings (SSSR count). The average molecular weight is 309 g/mol. The summed E-state index contributed by atoms with van der Waals surface area (Å²) in [7, 11) is 0. The van der Waals surface area contributed by atoms with Crippen LogP contribution in [0.1, 0.15) is 34.6 Å². The molecule has 0 radical (unpaired) electrons. The Kier molecular flexibility index (Phi) is 4.56. The molecule has 1 aromatic rings.